The minimum Gasteiger partial charge on any atom is -0.369 e. The van der Waals surface area contributed by atoms with E-state index >= 15 is 0 Å². The fourth-order valence-electron chi connectivity index (χ4n) is 2.58. The van der Waals surface area contributed by atoms with Gasteiger partial charge in [-0.3, -0.25) is 9.88 Å². The smallest absolute Gasteiger partial charge is 0.0806 e. The Bertz CT molecular complexity index is 409. The fourth-order valence-corrected chi connectivity index (χ4v) is 2.92. The molecule has 1 unspecified atom stereocenters. The highest BCUT2D eigenvalue weighted by Crippen LogP contribution is 2.23. The van der Waals surface area contributed by atoms with E-state index in [9.17, 15) is 0 Å². The van der Waals surface area contributed by atoms with E-state index in [1.54, 1.807) is 0 Å². The molecule has 1 aromatic heterocycles. The van der Waals surface area contributed by atoms with Crippen LogP contribution in [-0.2, 0) is 11.3 Å². The van der Waals surface area contributed by atoms with E-state index in [0.29, 0.717) is 0 Å². The lowest BCUT2D eigenvalue weighted by Crippen LogP contribution is -2.52. The van der Waals surface area contributed by atoms with Crippen LogP contribution in [0, 0.1) is 6.92 Å². The van der Waals surface area contributed by atoms with Gasteiger partial charge in [0.15, 0.2) is 0 Å². The molecular weight excluding hydrogens is 292 g/mol. The number of hydrogen-bond donors (Lipinski definition) is 0. The Morgan fingerprint density at radius 2 is 2.28 bits per heavy atom. The third kappa shape index (κ3) is 3.77. The summed E-state index contributed by atoms with van der Waals surface area (Å²) in [6.45, 7) is 9.28. The molecule has 0 amide bonds. The highest BCUT2D eigenvalue weighted by atomic mass is 79.9. The van der Waals surface area contributed by atoms with Crippen LogP contribution >= 0.6 is 15.9 Å². The van der Waals surface area contributed by atoms with Crippen LogP contribution in [0.15, 0.2) is 18.5 Å². The van der Waals surface area contributed by atoms with Crippen LogP contribution in [0.2, 0.25) is 0 Å². The van der Waals surface area contributed by atoms with Gasteiger partial charge < -0.3 is 4.74 Å². The van der Waals surface area contributed by atoms with E-state index in [2.05, 4.69) is 52.7 Å². The predicted octanol–water partition coefficient (Wildman–Crippen LogP) is 2.76. The average molecular weight is 313 g/mol. The molecule has 1 fully saturated rings. The molecule has 18 heavy (non-hydrogen) atoms. The number of nitrogens with zero attached hydrogens (tertiary/aromatic N) is 2. The first-order valence-corrected chi connectivity index (χ1v) is 7.47. The number of morpholine rings is 1. The molecule has 1 aliphatic rings. The number of hydrogen-bond acceptors (Lipinski definition) is 3. The summed E-state index contributed by atoms with van der Waals surface area (Å²) in [5.41, 5.74) is 2.42. The number of ether oxygens (including phenoxy) is 1. The summed E-state index contributed by atoms with van der Waals surface area (Å²) in [5, 5.41) is 0.888. The Hall–Kier alpha value is -0.450. The maximum Gasteiger partial charge on any atom is 0.0806 e. The zero-order chi connectivity index (χ0) is 13.2. The van der Waals surface area contributed by atoms with Gasteiger partial charge in [-0.1, -0.05) is 22.0 Å². The van der Waals surface area contributed by atoms with Gasteiger partial charge in [0.1, 0.15) is 0 Å². The van der Waals surface area contributed by atoms with Crippen LogP contribution in [0.25, 0.3) is 0 Å². The number of aryl methyl sites for hydroxylation is 1. The van der Waals surface area contributed by atoms with Crippen molar-refractivity contribution in [3.05, 3.63) is 29.6 Å². The predicted molar refractivity (Wildman–Crippen MR) is 77.0 cm³/mol. The van der Waals surface area contributed by atoms with E-state index in [1.165, 1.54) is 11.1 Å². The third-order valence-electron chi connectivity index (χ3n) is 3.06. The Balaban J connectivity index is 2.04. The van der Waals surface area contributed by atoms with Crippen molar-refractivity contribution in [2.24, 2.45) is 0 Å². The van der Waals surface area contributed by atoms with Gasteiger partial charge in [0.25, 0.3) is 0 Å². The van der Waals surface area contributed by atoms with Crippen LogP contribution in [0.5, 0.6) is 0 Å². The first-order valence-electron chi connectivity index (χ1n) is 6.35. The lowest BCUT2D eigenvalue weighted by molar-refractivity contribution is -0.128. The van der Waals surface area contributed by atoms with Gasteiger partial charge in [-0.25, -0.2) is 0 Å². The van der Waals surface area contributed by atoms with Gasteiger partial charge in [0.05, 0.1) is 11.7 Å². The van der Waals surface area contributed by atoms with Gasteiger partial charge in [0, 0.05) is 37.4 Å². The Labute approximate surface area is 118 Å². The normalized spacial score (nSPS) is 24.1. The molecule has 1 saturated heterocycles. The van der Waals surface area contributed by atoms with Gasteiger partial charge in [-0.15, -0.1) is 0 Å². The lowest BCUT2D eigenvalue weighted by Gasteiger charge is -2.42. The molecule has 2 rings (SSSR count). The number of rotatable bonds is 3. The number of alkyl halides is 1. The van der Waals surface area contributed by atoms with Crippen molar-refractivity contribution >= 4 is 15.9 Å². The molecule has 0 saturated carbocycles. The number of aromatic nitrogens is 1. The molecule has 0 spiro atoms. The SMILES string of the molecule is Cc1cncc(CN2CC(CBr)OC(C)(C)C2)c1. The van der Waals surface area contributed by atoms with Crippen molar-refractivity contribution in [1.29, 1.82) is 0 Å². The Kier molecular flexibility index (Phi) is 4.41. The molecule has 3 nitrogen and oxygen atoms in total. The van der Waals surface area contributed by atoms with Gasteiger partial charge >= 0.3 is 0 Å². The highest BCUT2D eigenvalue weighted by Gasteiger charge is 2.32. The lowest BCUT2D eigenvalue weighted by atomic mass is 10.0. The van der Waals surface area contributed by atoms with Crippen LogP contribution in [0.1, 0.15) is 25.0 Å². The molecule has 1 aliphatic heterocycles. The van der Waals surface area contributed by atoms with E-state index < -0.39 is 0 Å². The monoisotopic (exact) mass is 312 g/mol. The van der Waals surface area contributed by atoms with Gasteiger partial charge in [-0.05, 0) is 31.9 Å². The summed E-state index contributed by atoms with van der Waals surface area (Å²) < 4.78 is 6.01. The fraction of sp³-hybridized carbons (Fsp3) is 0.643. The molecule has 100 valence electrons. The summed E-state index contributed by atoms with van der Waals surface area (Å²) in [6.07, 6.45) is 4.12. The van der Waals surface area contributed by atoms with E-state index in [1.807, 2.05) is 12.4 Å². The Morgan fingerprint density at radius 3 is 2.94 bits per heavy atom. The quantitative estimate of drug-likeness (QED) is 0.803. The van der Waals surface area contributed by atoms with Gasteiger partial charge in [0.2, 0.25) is 0 Å². The second kappa shape index (κ2) is 5.68. The zero-order valence-corrected chi connectivity index (χ0v) is 12.9. The molecule has 0 bridgehead atoms. The molecule has 0 radical (unpaired) electrons. The summed E-state index contributed by atoms with van der Waals surface area (Å²) >= 11 is 3.52. The molecular formula is C14H21BrN2O. The number of halogens is 1. The van der Waals surface area contributed by atoms with Crippen molar-refractivity contribution in [1.82, 2.24) is 9.88 Å². The van der Waals surface area contributed by atoms with Crippen molar-refractivity contribution in [3.8, 4) is 0 Å². The third-order valence-corrected chi connectivity index (χ3v) is 3.78. The molecule has 1 aromatic rings. The van der Waals surface area contributed by atoms with Crippen LogP contribution < -0.4 is 0 Å². The van der Waals surface area contributed by atoms with E-state index in [0.717, 1.165) is 25.0 Å². The summed E-state index contributed by atoms with van der Waals surface area (Å²) in [5.74, 6) is 0. The molecule has 4 heteroatoms. The van der Waals surface area contributed by atoms with Crippen LogP contribution in [0.4, 0.5) is 0 Å². The largest absolute Gasteiger partial charge is 0.369 e. The van der Waals surface area contributed by atoms with Crippen LogP contribution in [-0.4, -0.2) is 40.0 Å². The zero-order valence-electron chi connectivity index (χ0n) is 11.3. The highest BCUT2D eigenvalue weighted by molar-refractivity contribution is 9.09. The number of pyridine rings is 1. The molecule has 0 aromatic carbocycles. The van der Waals surface area contributed by atoms with E-state index in [-0.39, 0.29) is 11.7 Å². The molecule has 0 N–H and O–H groups in total. The first kappa shape index (κ1) is 14.0. The van der Waals surface area contributed by atoms with Crippen molar-refractivity contribution < 1.29 is 4.74 Å². The Morgan fingerprint density at radius 1 is 1.50 bits per heavy atom. The summed E-state index contributed by atoms with van der Waals surface area (Å²) in [7, 11) is 0. The second-order valence-electron chi connectivity index (χ2n) is 5.69. The second-order valence-corrected chi connectivity index (χ2v) is 6.34. The minimum atomic E-state index is -0.0755. The maximum atomic E-state index is 6.01. The van der Waals surface area contributed by atoms with Crippen molar-refractivity contribution in [3.63, 3.8) is 0 Å². The van der Waals surface area contributed by atoms with Crippen molar-refractivity contribution in [2.75, 3.05) is 18.4 Å². The van der Waals surface area contributed by atoms with E-state index in [4.69, 9.17) is 4.74 Å². The standard InChI is InChI=1S/C14H21BrN2O/c1-11-4-12(7-16-6-11)8-17-9-13(5-15)18-14(2,3)10-17/h4,6-7,13H,5,8-10H2,1-3H3. The maximum absolute atomic E-state index is 6.01. The summed E-state index contributed by atoms with van der Waals surface area (Å²) in [6, 6.07) is 2.21. The molecule has 1 atom stereocenters. The minimum absolute atomic E-state index is 0.0755. The molecule has 0 aliphatic carbocycles. The summed E-state index contributed by atoms with van der Waals surface area (Å²) in [4.78, 5) is 6.71. The molecule has 2 heterocycles. The van der Waals surface area contributed by atoms with Crippen molar-refractivity contribution in [2.45, 2.75) is 39.0 Å². The average Bonchev–Trinajstić information content (AvgIpc) is 2.26. The van der Waals surface area contributed by atoms with Gasteiger partial charge in [-0.2, -0.15) is 0 Å². The topological polar surface area (TPSA) is 25.4 Å². The van der Waals surface area contributed by atoms with Crippen LogP contribution in [0.3, 0.4) is 0 Å². The first-order chi connectivity index (χ1) is 8.48.